The number of aryl methyl sites for hydroxylation is 7. The Morgan fingerprint density at radius 2 is 0.884 bits per heavy atom. The third-order valence-corrected chi connectivity index (χ3v) is 24.9. The van der Waals surface area contributed by atoms with Crippen LogP contribution in [0.25, 0.3) is 65.8 Å². The summed E-state index contributed by atoms with van der Waals surface area (Å²) >= 11 is 6.29. The van der Waals surface area contributed by atoms with Gasteiger partial charge in [-0.2, -0.15) is 15.3 Å². The molecule has 2 unspecified atom stereocenters. The van der Waals surface area contributed by atoms with Crippen LogP contribution in [0.5, 0.6) is 0 Å². The number of nitrogens with zero attached hydrogens (tertiary/aromatic N) is 19. The standard InChI is InChI=1S/C31H30F2N8O3S.C27H23F2N7O2S.C24H25ClF2N6O3S.C6H8N2/c1-18-14-23(39-40(18)3)19-11-12-22(25(15-19)45(4,42)43)37-24-17-21(16-20-8-7-9-26(34-2)35-20)36-30-28(24)38-31(29(32)33)41(30)27-10-5-6-13-44-27;1-15-10-20(35-36(15)3)16-8-9-19(24(11-16)39(4,37)38)33-21-13-18(12-17-6-5-7-25(30-2)32-17)31-22-14-23(27(28)29)34-26(21)22;1-13-10-16(31-32(13)2)14-7-8-15(18(11-14)37(3,34)35)28-17-12-19(25)29-23-21(17)30-24(22(26)27)33(23)20-6-4-5-9-36-20;1-5-3-2-4-6(7)8-5/h7-9,11-12,14-15,17,27,29H,5-6,10,13,16H2,1,3-4H3,(H,36,37);5-11,13,27H,12,14H2,1,3-4H3,(H,31,33);7-8,10-12,20,22H,4-6,9H2,1-3H3,(H,28,29);2-4H,1H3,(H2,7,8). The largest absolute Gasteiger partial charge is 0.384 e. The minimum atomic E-state index is -3.76. The number of rotatable bonds is 21. The first kappa shape index (κ1) is 91.8. The molecule has 14 heterocycles. The Labute approximate surface area is 743 Å². The monoisotopic (exact) mass is 1840 g/mol. The molecule has 0 spiro atoms. The number of nitrogens with two attached hydrogens (primary N) is 1. The van der Waals surface area contributed by atoms with Gasteiger partial charge >= 0.3 is 0 Å². The third-order valence-electron chi connectivity index (χ3n) is 21.3. The van der Waals surface area contributed by atoms with Gasteiger partial charge in [0.15, 0.2) is 52.5 Å². The van der Waals surface area contributed by atoms with Gasteiger partial charge in [-0.15, -0.1) is 9.97 Å². The molecule has 3 aromatic carbocycles. The van der Waals surface area contributed by atoms with E-state index in [9.17, 15) is 51.6 Å². The fourth-order valence-corrected chi connectivity index (χ4v) is 17.5. The number of aromatic nitrogens is 16. The van der Waals surface area contributed by atoms with E-state index in [1.54, 1.807) is 126 Å². The van der Waals surface area contributed by atoms with Crippen LogP contribution >= 0.6 is 11.6 Å². The van der Waals surface area contributed by atoms with Crippen molar-refractivity contribution in [2.75, 3.05) is 53.7 Å². The van der Waals surface area contributed by atoms with E-state index in [4.69, 9.17) is 44.9 Å². The van der Waals surface area contributed by atoms with Crippen molar-refractivity contribution in [3.8, 4) is 33.8 Å². The van der Waals surface area contributed by atoms with Crippen molar-refractivity contribution in [1.82, 2.24) is 78.3 Å². The molecule has 14 aromatic rings. The Bertz CT molecular complexity index is 7060. The molecule has 31 nitrogen and oxygen atoms in total. The van der Waals surface area contributed by atoms with Gasteiger partial charge in [-0.25, -0.2) is 81.5 Å². The summed E-state index contributed by atoms with van der Waals surface area (Å²) in [6, 6.07) is 40.6. The van der Waals surface area contributed by atoms with Crippen LogP contribution in [0.1, 0.15) is 127 Å². The van der Waals surface area contributed by atoms with Crippen LogP contribution in [0.3, 0.4) is 0 Å². The zero-order valence-electron chi connectivity index (χ0n) is 71.2. The highest BCUT2D eigenvalue weighted by Crippen LogP contribution is 2.44. The second-order valence-corrected chi connectivity index (χ2v) is 37.3. The Morgan fingerprint density at radius 3 is 1.26 bits per heavy atom. The Balaban J connectivity index is 0.000000150. The second kappa shape index (κ2) is 38.3. The molecule has 2 fully saturated rings. The first-order valence-electron chi connectivity index (χ1n) is 40.3. The Kier molecular flexibility index (Phi) is 27.2. The van der Waals surface area contributed by atoms with Crippen LogP contribution in [0, 0.1) is 40.8 Å². The number of hydrogen-bond donors (Lipinski definition) is 4. The smallest absolute Gasteiger partial charge is 0.295 e. The van der Waals surface area contributed by atoms with Crippen molar-refractivity contribution in [2.45, 2.75) is 132 Å². The van der Waals surface area contributed by atoms with Gasteiger partial charge in [0.1, 0.15) is 51.5 Å². The summed E-state index contributed by atoms with van der Waals surface area (Å²) in [5.74, 6) is 0.0701. The SMILES string of the molecule is Cc1cc(-c2ccc(Nc3cc(Cl)nc4c3nc(C(F)F)n4C3CCCCO3)c(S(C)(=O)=O)c2)nn1C.Cc1cccc(N)n1.[C-]#[N+]c1cccc(Cc2cc(Nc3ccc(-c4cc(C)n(C)n4)cc3S(C)(=O)=O)c3c(n2)CC(C(F)F)=N3)n1.[C-]#[N+]c1cccc(Cc2cc(Nc3ccc(-c4cc(C)n(C)n4)cc3S(C)(=O)=O)c3nc(C(F)F)n(C4CCCCO4)c3n2)n1. The molecule has 2 saturated heterocycles. The molecule has 3 aliphatic heterocycles. The number of alkyl halides is 6. The summed E-state index contributed by atoms with van der Waals surface area (Å²) in [5, 5.41) is 22.7. The van der Waals surface area contributed by atoms with E-state index in [0.29, 0.717) is 105 Å². The number of imidazole rings is 2. The summed E-state index contributed by atoms with van der Waals surface area (Å²) in [6.07, 6.45) is -1.92. The number of pyridine rings is 6. The minimum absolute atomic E-state index is 0.00498. The van der Waals surface area contributed by atoms with Crippen molar-refractivity contribution in [3.05, 3.63) is 236 Å². The van der Waals surface area contributed by atoms with Gasteiger partial charge < -0.3 is 40.8 Å². The van der Waals surface area contributed by atoms with E-state index >= 15 is 0 Å². The molecule has 3 aliphatic rings. The highest BCUT2D eigenvalue weighted by Gasteiger charge is 2.34. The molecule has 129 heavy (non-hydrogen) atoms. The van der Waals surface area contributed by atoms with E-state index in [2.05, 4.69) is 80.8 Å². The highest BCUT2D eigenvalue weighted by molar-refractivity contribution is 7.91. The molecule has 0 saturated carbocycles. The van der Waals surface area contributed by atoms with Crippen LogP contribution in [-0.2, 0) is 79.4 Å². The number of sulfone groups is 3. The van der Waals surface area contributed by atoms with Gasteiger partial charge in [0.25, 0.3) is 30.9 Å². The quantitative estimate of drug-likeness (QED) is 0.0295. The molecule has 0 bridgehead atoms. The molecule has 17 rings (SSSR count). The zero-order chi connectivity index (χ0) is 92.2. The predicted octanol–water partition coefficient (Wildman–Crippen LogP) is 18.4. The Morgan fingerprint density at radius 1 is 0.473 bits per heavy atom. The fraction of sp³-hybridized carbons (Fsp3) is 0.295. The van der Waals surface area contributed by atoms with Gasteiger partial charge in [-0.05, 0) is 169 Å². The second-order valence-electron chi connectivity index (χ2n) is 30.9. The van der Waals surface area contributed by atoms with E-state index < -0.39 is 72.9 Å². The van der Waals surface area contributed by atoms with Crippen LogP contribution in [-0.4, -0.2) is 148 Å². The first-order chi connectivity index (χ1) is 61.3. The first-order valence-corrected chi connectivity index (χ1v) is 46.3. The van der Waals surface area contributed by atoms with Crippen molar-refractivity contribution < 1.29 is 61.1 Å². The van der Waals surface area contributed by atoms with Crippen molar-refractivity contribution in [2.24, 2.45) is 26.1 Å². The summed E-state index contributed by atoms with van der Waals surface area (Å²) in [5.41, 5.74) is 17.4. The summed E-state index contributed by atoms with van der Waals surface area (Å²) in [7, 11) is -5.75. The number of ether oxygens (including phenoxy) is 2. The highest BCUT2D eigenvalue weighted by atomic mass is 35.5. The van der Waals surface area contributed by atoms with E-state index in [-0.39, 0.29) is 107 Å². The van der Waals surface area contributed by atoms with Crippen LogP contribution < -0.4 is 21.7 Å². The number of anilines is 7. The number of fused-ring (bicyclic) bond motifs is 3. The van der Waals surface area contributed by atoms with E-state index in [1.165, 1.54) is 33.4 Å². The lowest BCUT2D eigenvalue weighted by atomic mass is 10.1. The molecule has 668 valence electrons. The lowest BCUT2D eigenvalue weighted by Gasteiger charge is -2.25. The molecule has 0 aliphatic carbocycles. The third kappa shape index (κ3) is 21.2. The van der Waals surface area contributed by atoms with Crippen LogP contribution in [0.15, 0.2) is 165 Å². The average molecular weight is 1840 g/mol. The normalized spacial score (nSPS) is 14.6. The molecular formula is C88H86ClF6N23O8S3. The molecule has 5 N–H and O–H groups in total. The molecule has 41 heteroatoms. The lowest BCUT2D eigenvalue weighted by molar-refractivity contribution is -0.0363. The number of hydrogen-bond acceptors (Lipinski definition) is 24. The van der Waals surface area contributed by atoms with Crippen LogP contribution in [0.2, 0.25) is 5.15 Å². The summed E-state index contributed by atoms with van der Waals surface area (Å²) < 4.78 is 181. The van der Waals surface area contributed by atoms with E-state index in [0.717, 1.165) is 67.2 Å². The molecule has 0 radical (unpaired) electrons. The topological polar surface area (TPSA) is 371 Å². The Hall–Kier alpha value is -13.4. The molecule has 11 aromatic heterocycles. The number of benzene rings is 3. The van der Waals surface area contributed by atoms with Gasteiger partial charge in [-0.1, -0.05) is 61.1 Å². The van der Waals surface area contributed by atoms with Crippen molar-refractivity contribution >= 4 is 126 Å². The number of aliphatic imine (C=N–C) groups is 1. The zero-order valence-corrected chi connectivity index (χ0v) is 74.4. The predicted molar refractivity (Wildman–Crippen MR) is 478 cm³/mol. The maximum absolute atomic E-state index is 14.5. The summed E-state index contributed by atoms with van der Waals surface area (Å²) in [6.45, 7) is 23.0. The number of halogens is 7. The van der Waals surface area contributed by atoms with E-state index in [1.807, 2.05) is 58.0 Å². The maximum atomic E-state index is 14.5. The lowest BCUT2D eigenvalue weighted by Crippen LogP contribution is -2.20. The van der Waals surface area contributed by atoms with Crippen LogP contribution in [0.4, 0.5) is 83.6 Å². The van der Waals surface area contributed by atoms with Crippen molar-refractivity contribution in [1.29, 1.82) is 0 Å². The number of nitrogens with one attached hydrogen (secondary N) is 3. The average Bonchev–Trinajstić information content (AvgIpc) is 1.61. The van der Waals surface area contributed by atoms with Gasteiger partial charge in [-0.3, -0.25) is 28.2 Å². The molecule has 0 amide bonds. The maximum Gasteiger partial charge on any atom is 0.295 e. The molecule has 2 atom stereocenters. The summed E-state index contributed by atoms with van der Waals surface area (Å²) in [4.78, 5) is 45.5. The van der Waals surface area contributed by atoms with Gasteiger partial charge in [0, 0.05) is 105 Å². The van der Waals surface area contributed by atoms with Gasteiger partial charge in [0.05, 0.1) is 102 Å². The van der Waals surface area contributed by atoms with Gasteiger partial charge in [0.2, 0.25) is 0 Å². The fourth-order valence-electron chi connectivity index (χ4n) is 14.8. The molecular weight excluding hydrogens is 1750 g/mol. The number of nitrogen functional groups attached to an aromatic ring is 1. The minimum Gasteiger partial charge on any atom is -0.384 e. The van der Waals surface area contributed by atoms with Crippen molar-refractivity contribution in [3.63, 3.8) is 0 Å².